The van der Waals surface area contributed by atoms with Crippen LogP contribution in [0.2, 0.25) is 0 Å². The summed E-state index contributed by atoms with van der Waals surface area (Å²) in [6.07, 6.45) is 4.46. The summed E-state index contributed by atoms with van der Waals surface area (Å²) >= 11 is 3.76. The van der Waals surface area contributed by atoms with E-state index in [-0.39, 0.29) is 0 Å². The van der Waals surface area contributed by atoms with Crippen LogP contribution in [0.15, 0.2) is 35.8 Å². The van der Waals surface area contributed by atoms with Crippen LogP contribution >= 0.6 is 23.1 Å². The zero-order valence-corrected chi connectivity index (χ0v) is 12.6. The van der Waals surface area contributed by atoms with Crippen LogP contribution in [-0.4, -0.2) is 22.0 Å². The van der Waals surface area contributed by atoms with E-state index in [1.165, 1.54) is 29.8 Å². The van der Waals surface area contributed by atoms with Crippen molar-refractivity contribution in [3.05, 3.63) is 35.8 Å². The second-order valence-electron chi connectivity index (χ2n) is 4.88. The topological polar surface area (TPSA) is 24.9 Å². The smallest absolute Gasteiger partial charge is 0.123 e. The van der Waals surface area contributed by atoms with Crippen molar-refractivity contribution in [3.8, 4) is 10.6 Å². The van der Waals surface area contributed by atoms with Crippen LogP contribution in [0.3, 0.4) is 0 Å². The molecule has 0 amide bonds. The average molecular weight is 290 g/mol. The van der Waals surface area contributed by atoms with Crippen molar-refractivity contribution in [1.82, 2.24) is 4.98 Å². The Bertz CT molecular complexity index is 507. The van der Waals surface area contributed by atoms with E-state index in [0.29, 0.717) is 11.3 Å². The van der Waals surface area contributed by atoms with Gasteiger partial charge < -0.3 is 5.32 Å². The Balaban J connectivity index is 1.69. The second-order valence-corrected chi connectivity index (χ2v) is 7.26. The molecule has 2 aromatic rings. The number of thiazole rings is 1. The van der Waals surface area contributed by atoms with Crippen LogP contribution in [0.5, 0.6) is 0 Å². The van der Waals surface area contributed by atoms with E-state index in [4.69, 9.17) is 0 Å². The first-order chi connectivity index (χ1) is 9.33. The summed E-state index contributed by atoms with van der Waals surface area (Å²) in [5.41, 5.74) is 2.42. The van der Waals surface area contributed by atoms with Gasteiger partial charge in [-0.05, 0) is 42.9 Å². The molecular formula is C15H18N2S2. The number of rotatable bonds is 3. The molecule has 3 rings (SSSR count). The molecule has 1 saturated heterocycles. The van der Waals surface area contributed by atoms with Crippen molar-refractivity contribution in [2.75, 3.05) is 11.1 Å². The molecule has 0 radical (unpaired) electrons. The molecule has 0 bridgehead atoms. The van der Waals surface area contributed by atoms with E-state index < -0.39 is 0 Å². The van der Waals surface area contributed by atoms with Crippen molar-refractivity contribution in [2.45, 2.75) is 31.1 Å². The van der Waals surface area contributed by atoms with E-state index in [2.05, 4.69) is 53.3 Å². The van der Waals surface area contributed by atoms with Gasteiger partial charge in [0.25, 0.3) is 0 Å². The molecule has 1 aromatic carbocycles. The third-order valence-electron chi connectivity index (χ3n) is 3.52. The molecule has 19 heavy (non-hydrogen) atoms. The van der Waals surface area contributed by atoms with Gasteiger partial charge in [0.15, 0.2) is 0 Å². The Kier molecular flexibility index (Phi) is 4.09. The molecule has 2 heterocycles. The standard InChI is InChI=1S/C15H18N2S2/c1-11-14(3-2-9-18-11)17-13-6-4-12(5-7-13)15-16-8-10-19-15/h4-8,10-11,14,17H,2-3,9H2,1H3. The zero-order valence-electron chi connectivity index (χ0n) is 11.0. The Morgan fingerprint density at radius 1 is 1.26 bits per heavy atom. The van der Waals surface area contributed by atoms with Crippen molar-refractivity contribution in [3.63, 3.8) is 0 Å². The van der Waals surface area contributed by atoms with Gasteiger partial charge in [0.2, 0.25) is 0 Å². The van der Waals surface area contributed by atoms with Crippen molar-refractivity contribution in [1.29, 1.82) is 0 Å². The van der Waals surface area contributed by atoms with Crippen molar-refractivity contribution >= 4 is 28.8 Å². The second kappa shape index (κ2) is 5.97. The number of aromatic nitrogens is 1. The van der Waals surface area contributed by atoms with Gasteiger partial charge in [-0.1, -0.05) is 6.92 Å². The molecule has 0 saturated carbocycles. The molecular weight excluding hydrogens is 272 g/mol. The fraction of sp³-hybridized carbons (Fsp3) is 0.400. The molecule has 1 aliphatic rings. The molecule has 0 aliphatic carbocycles. The summed E-state index contributed by atoms with van der Waals surface area (Å²) in [6.45, 7) is 2.32. The van der Waals surface area contributed by atoms with Crippen LogP contribution < -0.4 is 5.32 Å². The van der Waals surface area contributed by atoms with E-state index in [1.54, 1.807) is 11.3 Å². The van der Waals surface area contributed by atoms with Gasteiger partial charge in [0.05, 0.1) is 0 Å². The summed E-state index contributed by atoms with van der Waals surface area (Å²) in [6, 6.07) is 9.25. The first-order valence-electron chi connectivity index (χ1n) is 6.71. The highest BCUT2D eigenvalue weighted by atomic mass is 32.2. The average Bonchev–Trinajstić information content (AvgIpc) is 2.96. The fourth-order valence-electron chi connectivity index (χ4n) is 2.40. The Labute approximate surface area is 122 Å². The lowest BCUT2D eigenvalue weighted by Gasteiger charge is -2.30. The summed E-state index contributed by atoms with van der Waals surface area (Å²) in [4.78, 5) is 4.34. The Hall–Kier alpha value is -1.00. The Morgan fingerprint density at radius 2 is 2.11 bits per heavy atom. The van der Waals surface area contributed by atoms with E-state index in [1.807, 2.05) is 11.6 Å². The molecule has 4 heteroatoms. The number of thioether (sulfide) groups is 1. The highest BCUT2D eigenvalue weighted by Crippen LogP contribution is 2.29. The minimum atomic E-state index is 0.601. The lowest BCUT2D eigenvalue weighted by molar-refractivity contribution is 0.617. The number of anilines is 1. The van der Waals surface area contributed by atoms with Gasteiger partial charge in [-0.2, -0.15) is 11.8 Å². The fourth-order valence-corrected chi connectivity index (χ4v) is 4.19. The summed E-state index contributed by atoms with van der Waals surface area (Å²) in [5, 5.41) is 7.47. The number of hydrogen-bond acceptors (Lipinski definition) is 4. The van der Waals surface area contributed by atoms with Gasteiger partial charge in [0.1, 0.15) is 5.01 Å². The van der Waals surface area contributed by atoms with E-state index in [9.17, 15) is 0 Å². The quantitative estimate of drug-likeness (QED) is 0.900. The highest BCUT2D eigenvalue weighted by Gasteiger charge is 2.21. The molecule has 2 unspecified atom stereocenters. The van der Waals surface area contributed by atoms with E-state index >= 15 is 0 Å². The normalized spacial score (nSPS) is 23.2. The number of hydrogen-bond donors (Lipinski definition) is 1. The van der Waals surface area contributed by atoms with Crippen LogP contribution in [0.1, 0.15) is 19.8 Å². The lowest BCUT2D eigenvalue weighted by atomic mass is 10.1. The van der Waals surface area contributed by atoms with Gasteiger partial charge in [-0.3, -0.25) is 0 Å². The maximum Gasteiger partial charge on any atom is 0.123 e. The first kappa shape index (κ1) is 13.0. The minimum Gasteiger partial charge on any atom is -0.381 e. The molecule has 100 valence electrons. The molecule has 0 spiro atoms. The molecule has 1 N–H and O–H groups in total. The van der Waals surface area contributed by atoms with Gasteiger partial charge in [-0.15, -0.1) is 11.3 Å². The van der Waals surface area contributed by atoms with Crippen molar-refractivity contribution < 1.29 is 0 Å². The number of nitrogens with one attached hydrogen (secondary N) is 1. The summed E-state index contributed by atoms with van der Waals surface area (Å²) in [7, 11) is 0. The SMILES string of the molecule is CC1SCCCC1Nc1ccc(-c2nccs2)cc1. The first-order valence-corrected chi connectivity index (χ1v) is 8.64. The van der Waals surface area contributed by atoms with Crippen LogP contribution in [0.4, 0.5) is 5.69 Å². The van der Waals surface area contributed by atoms with Gasteiger partial charge >= 0.3 is 0 Å². The molecule has 1 aromatic heterocycles. The molecule has 1 aliphatic heterocycles. The summed E-state index contributed by atoms with van der Waals surface area (Å²) in [5.74, 6) is 1.31. The third kappa shape index (κ3) is 3.12. The van der Waals surface area contributed by atoms with Gasteiger partial charge in [-0.25, -0.2) is 4.98 Å². The minimum absolute atomic E-state index is 0.601. The molecule has 2 nitrogen and oxygen atoms in total. The predicted molar refractivity (Wildman–Crippen MR) is 86.1 cm³/mol. The third-order valence-corrected chi connectivity index (χ3v) is 5.72. The monoisotopic (exact) mass is 290 g/mol. The number of nitrogens with zero attached hydrogens (tertiary/aromatic N) is 1. The van der Waals surface area contributed by atoms with E-state index in [0.717, 1.165) is 5.01 Å². The van der Waals surface area contributed by atoms with Crippen LogP contribution in [-0.2, 0) is 0 Å². The zero-order chi connectivity index (χ0) is 13.1. The lowest BCUT2D eigenvalue weighted by Crippen LogP contribution is -2.32. The van der Waals surface area contributed by atoms with Crippen LogP contribution in [0.25, 0.3) is 10.6 Å². The maximum atomic E-state index is 4.34. The molecule has 2 atom stereocenters. The highest BCUT2D eigenvalue weighted by molar-refractivity contribution is 8.00. The van der Waals surface area contributed by atoms with Crippen molar-refractivity contribution in [2.24, 2.45) is 0 Å². The largest absolute Gasteiger partial charge is 0.381 e. The maximum absolute atomic E-state index is 4.34. The number of benzene rings is 1. The molecule has 1 fully saturated rings. The predicted octanol–water partition coefficient (Wildman–Crippen LogP) is 4.51. The van der Waals surface area contributed by atoms with Gasteiger partial charge in [0, 0.05) is 34.1 Å². The Morgan fingerprint density at radius 3 is 2.79 bits per heavy atom. The summed E-state index contributed by atoms with van der Waals surface area (Å²) < 4.78 is 0. The van der Waals surface area contributed by atoms with Crippen LogP contribution in [0, 0.1) is 0 Å².